The second-order valence-corrected chi connectivity index (χ2v) is 3.57. The fourth-order valence-electron chi connectivity index (χ4n) is 1.80. The Kier molecular flexibility index (Phi) is 1.73. The van der Waals surface area contributed by atoms with Gasteiger partial charge >= 0.3 is 0 Å². The van der Waals surface area contributed by atoms with Crippen LogP contribution < -0.4 is 0 Å². The van der Waals surface area contributed by atoms with E-state index in [0.29, 0.717) is 5.69 Å². The van der Waals surface area contributed by atoms with Gasteiger partial charge in [-0.25, -0.2) is 4.52 Å². The zero-order chi connectivity index (χ0) is 10.3. The van der Waals surface area contributed by atoms with Crippen LogP contribution in [0.3, 0.4) is 0 Å². The van der Waals surface area contributed by atoms with Gasteiger partial charge in [-0.1, -0.05) is 24.3 Å². The molecule has 0 saturated heterocycles. The fraction of sp³-hybridized carbons (Fsp3) is 0.0833. The van der Waals surface area contributed by atoms with Crippen LogP contribution in [0.2, 0.25) is 0 Å². The fourth-order valence-corrected chi connectivity index (χ4v) is 1.80. The van der Waals surface area contributed by atoms with Crippen molar-refractivity contribution in [3.8, 4) is 0 Å². The molecular formula is C12H10N2O. The Bertz CT molecular complexity index is 575. The van der Waals surface area contributed by atoms with Crippen LogP contribution in [0.25, 0.3) is 16.3 Å². The number of pyridine rings is 1. The van der Waals surface area contributed by atoms with E-state index in [0.717, 1.165) is 10.9 Å². The summed E-state index contributed by atoms with van der Waals surface area (Å²) < 4.78 is 1.80. The van der Waals surface area contributed by atoms with Gasteiger partial charge in [0.05, 0.1) is 17.8 Å². The number of aliphatic hydroxyl groups is 1. The molecule has 0 spiro atoms. The van der Waals surface area contributed by atoms with E-state index in [-0.39, 0.29) is 6.61 Å². The van der Waals surface area contributed by atoms with Crippen molar-refractivity contribution < 1.29 is 5.11 Å². The molecule has 3 aromatic rings. The third kappa shape index (κ3) is 1.28. The molecule has 0 unspecified atom stereocenters. The lowest BCUT2D eigenvalue weighted by Gasteiger charge is -1.98. The minimum Gasteiger partial charge on any atom is -0.390 e. The zero-order valence-corrected chi connectivity index (χ0v) is 8.09. The first kappa shape index (κ1) is 8.44. The molecule has 0 amide bonds. The average molecular weight is 198 g/mol. The van der Waals surface area contributed by atoms with Gasteiger partial charge in [-0.2, -0.15) is 5.10 Å². The van der Waals surface area contributed by atoms with Crippen LogP contribution >= 0.6 is 0 Å². The first-order valence-electron chi connectivity index (χ1n) is 4.85. The number of rotatable bonds is 1. The van der Waals surface area contributed by atoms with Gasteiger partial charge < -0.3 is 5.11 Å². The molecule has 3 heteroatoms. The third-order valence-electron chi connectivity index (χ3n) is 2.54. The molecule has 74 valence electrons. The molecule has 0 saturated carbocycles. The molecule has 3 rings (SSSR count). The van der Waals surface area contributed by atoms with Crippen LogP contribution in [0, 0.1) is 0 Å². The molecule has 0 atom stereocenters. The minimum atomic E-state index is -0.0158. The second kappa shape index (κ2) is 3.07. The van der Waals surface area contributed by atoms with Gasteiger partial charge in [-0.3, -0.25) is 0 Å². The molecule has 0 bridgehead atoms. The number of hydrogen-bond donors (Lipinski definition) is 1. The summed E-state index contributed by atoms with van der Waals surface area (Å²) in [5.41, 5.74) is 1.71. The van der Waals surface area contributed by atoms with Crippen molar-refractivity contribution in [2.45, 2.75) is 6.61 Å². The van der Waals surface area contributed by atoms with E-state index in [2.05, 4.69) is 23.3 Å². The molecule has 1 aromatic carbocycles. The van der Waals surface area contributed by atoms with Crippen molar-refractivity contribution >= 4 is 16.3 Å². The molecule has 0 fully saturated rings. The lowest BCUT2D eigenvalue weighted by molar-refractivity contribution is 0.276. The summed E-state index contributed by atoms with van der Waals surface area (Å²) in [7, 11) is 0. The summed E-state index contributed by atoms with van der Waals surface area (Å²) in [6.45, 7) is -0.0158. The number of nitrogens with zero attached hydrogens (tertiary/aromatic N) is 2. The molecule has 0 radical (unpaired) electrons. The van der Waals surface area contributed by atoms with Crippen LogP contribution in [-0.4, -0.2) is 14.7 Å². The van der Waals surface area contributed by atoms with Crippen molar-refractivity contribution in [3.63, 3.8) is 0 Å². The van der Waals surface area contributed by atoms with E-state index in [4.69, 9.17) is 5.11 Å². The Hall–Kier alpha value is -1.87. The first-order chi connectivity index (χ1) is 7.36. The lowest BCUT2D eigenvalue weighted by Crippen LogP contribution is -1.88. The van der Waals surface area contributed by atoms with E-state index in [1.165, 1.54) is 5.39 Å². The van der Waals surface area contributed by atoms with E-state index >= 15 is 0 Å². The van der Waals surface area contributed by atoms with Crippen molar-refractivity contribution in [2.24, 2.45) is 0 Å². The van der Waals surface area contributed by atoms with Gasteiger partial charge in [-0.05, 0) is 17.5 Å². The summed E-state index contributed by atoms with van der Waals surface area (Å²) in [5.74, 6) is 0. The molecule has 15 heavy (non-hydrogen) atoms. The van der Waals surface area contributed by atoms with Gasteiger partial charge in [0, 0.05) is 11.6 Å². The molecule has 0 aliphatic heterocycles. The Morgan fingerprint density at radius 3 is 2.73 bits per heavy atom. The zero-order valence-electron chi connectivity index (χ0n) is 8.09. The normalized spacial score (nSPS) is 11.3. The smallest absolute Gasteiger partial charge is 0.0889 e. The molecule has 0 aliphatic rings. The first-order valence-corrected chi connectivity index (χ1v) is 4.85. The third-order valence-corrected chi connectivity index (χ3v) is 2.54. The molecule has 3 nitrogen and oxygen atoms in total. The van der Waals surface area contributed by atoms with Gasteiger partial charge in [0.2, 0.25) is 0 Å². The lowest BCUT2D eigenvalue weighted by atomic mass is 10.2. The summed E-state index contributed by atoms with van der Waals surface area (Å²) in [6, 6.07) is 12.1. The number of benzene rings is 1. The summed E-state index contributed by atoms with van der Waals surface area (Å²) in [4.78, 5) is 0. The summed E-state index contributed by atoms with van der Waals surface area (Å²) in [5, 5.41) is 15.6. The summed E-state index contributed by atoms with van der Waals surface area (Å²) in [6.07, 6.45) is 1.98. The number of aromatic nitrogens is 2. The number of fused-ring (bicyclic) bond motifs is 2. The number of hydrogen-bond acceptors (Lipinski definition) is 2. The highest BCUT2D eigenvalue weighted by Gasteiger charge is 2.01. The van der Waals surface area contributed by atoms with Gasteiger partial charge in [0.15, 0.2) is 0 Å². The Labute approximate surface area is 86.6 Å². The molecule has 0 aliphatic carbocycles. The second-order valence-electron chi connectivity index (χ2n) is 3.57. The SMILES string of the molecule is OCc1cc2cc3ccccc3cn2n1. The summed E-state index contributed by atoms with van der Waals surface area (Å²) >= 11 is 0. The van der Waals surface area contributed by atoms with Crippen LogP contribution in [0.5, 0.6) is 0 Å². The minimum absolute atomic E-state index is 0.0158. The van der Waals surface area contributed by atoms with E-state index in [1.54, 1.807) is 4.52 Å². The highest BCUT2D eigenvalue weighted by atomic mass is 16.3. The predicted molar refractivity (Wildman–Crippen MR) is 58.6 cm³/mol. The van der Waals surface area contributed by atoms with Crippen molar-refractivity contribution in [2.75, 3.05) is 0 Å². The van der Waals surface area contributed by atoms with E-state index in [9.17, 15) is 0 Å². The molecule has 2 heterocycles. The monoisotopic (exact) mass is 198 g/mol. The van der Waals surface area contributed by atoms with Gasteiger partial charge in [0.25, 0.3) is 0 Å². The molecule has 2 aromatic heterocycles. The van der Waals surface area contributed by atoms with Crippen LogP contribution in [0.4, 0.5) is 0 Å². The van der Waals surface area contributed by atoms with Crippen molar-refractivity contribution in [1.82, 2.24) is 9.61 Å². The maximum atomic E-state index is 9.00. The van der Waals surface area contributed by atoms with Crippen molar-refractivity contribution in [1.29, 1.82) is 0 Å². The predicted octanol–water partition coefficient (Wildman–Crippen LogP) is 1.98. The molecular weight excluding hydrogens is 188 g/mol. The van der Waals surface area contributed by atoms with Crippen LogP contribution in [0.15, 0.2) is 42.6 Å². The topological polar surface area (TPSA) is 37.5 Å². The standard InChI is InChI=1S/C12H10N2O/c15-8-11-6-12-5-9-3-1-2-4-10(9)7-14(12)13-11/h1-7,15H,8H2. The quantitative estimate of drug-likeness (QED) is 0.649. The highest BCUT2D eigenvalue weighted by molar-refractivity contribution is 5.85. The Morgan fingerprint density at radius 2 is 1.93 bits per heavy atom. The van der Waals surface area contributed by atoms with Crippen LogP contribution in [-0.2, 0) is 6.61 Å². The Balaban J connectivity index is 2.39. The highest BCUT2D eigenvalue weighted by Crippen LogP contribution is 2.17. The van der Waals surface area contributed by atoms with E-state index < -0.39 is 0 Å². The Morgan fingerprint density at radius 1 is 1.13 bits per heavy atom. The molecule has 1 N–H and O–H groups in total. The average Bonchev–Trinajstić information content (AvgIpc) is 2.67. The largest absolute Gasteiger partial charge is 0.390 e. The van der Waals surface area contributed by atoms with Gasteiger partial charge in [-0.15, -0.1) is 0 Å². The van der Waals surface area contributed by atoms with Crippen molar-refractivity contribution in [3.05, 3.63) is 48.3 Å². The number of aliphatic hydroxyl groups excluding tert-OH is 1. The maximum Gasteiger partial charge on any atom is 0.0889 e. The maximum absolute atomic E-state index is 9.00. The van der Waals surface area contributed by atoms with Gasteiger partial charge in [0.1, 0.15) is 0 Å². The van der Waals surface area contributed by atoms with Crippen LogP contribution in [0.1, 0.15) is 5.69 Å². The van der Waals surface area contributed by atoms with E-state index in [1.807, 2.05) is 24.4 Å².